The first kappa shape index (κ1) is 13.9. The van der Waals surface area contributed by atoms with Crippen LogP contribution in [0.5, 0.6) is 0 Å². The molecule has 1 aliphatic heterocycles. The standard InChI is InChI=1S/C18H21NO2/c20-18(17-9-5-13-21-17)19-12-4-8-16(14-19)11-10-15-6-2-1-3-7-15/h1-3,5-7,9,13,16H,4,8,10-12,14H2/t16-/m1/s1. The third-order valence-corrected chi connectivity index (χ3v) is 4.22. The molecule has 0 radical (unpaired) electrons. The molecule has 1 aromatic heterocycles. The summed E-state index contributed by atoms with van der Waals surface area (Å²) in [7, 11) is 0. The second-order valence-electron chi connectivity index (χ2n) is 5.76. The van der Waals surface area contributed by atoms with Crippen molar-refractivity contribution in [3.63, 3.8) is 0 Å². The molecule has 1 fully saturated rings. The molecule has 2 heterocycles. The maximum absolute atomic E-state index is 12.3. The lowest BCUT2D eigenvalue weighted by atomic mass is 9.91. The molecule has 2 aromatic rings. The van der Waals surface area contributed by atoms with E-state index in [4.69, 9.17) is 4.42 Å². The van der Waals surface area contributed by atoms with E-state index in [0.29, 0.717) is 11.7 Å². The van der Waals surface area contributed by atoms with Crippen LogP contribution >= 0.6 is 0 Å². The molecular formula is C18H21NO2. The van der Waals surface area contributed by atoms with Crippen LogP contribution in [0.3, 0.4) is 0 Å². The minimum atomic E-state index is 0.0319. The lowest BCUT2D eigenvalue weighted by molar-refractivity contribution is 0.0636. The van der Waals surface area contributed by atoms with Crippen molar-refractivity contribution in [3.8, 4) is 0 Å². The number of hydrogen-bond donors (Lipinski definition) is 0. The predicted molar refractivity (Wildman–Crippen MR) is 82.1 cm³/mol. The summed E-state index contributed by atoms with van der Waals surface area (Å²) in [6, 6.07) is 14.1. The number of hydrogen-bond acceptors (Lipinski definition) is 2. The lowest BCUT2D eigenvalue weighted by Crippen LogP contribution is -2.39. The van der Waals surface area contributed by atoms with E-state index in [9.17, 15) is 4.79 Å². The van der Waals surface area contributed by atoms with Crippen LogP contribution in [-0.2, 0) is 6.42 Å². The quantitative estimate of drug-likeness (QED) is 0.856. The van der Waals surface area contributed by atoms with E-state index in [1.165, 1.54) is 12.0 Å². The van der Waals surface area contributed by atoms with Gasteiger partial charge in [-0.1, -0.05) is 30.3 Å². The highest BCUT2D eigenvalue weighted by Gasteiger charge is 2.25. The number of nitrogens with zero attached hydrogens (tertiary/aromatic N) is 1. The predicted octanol–water partition coefficient (Wildman–Crippen LogP) is 3.76. The second-order valence-corrected chi connectivity index (χ2v) is 5.76. The number of piperidine rings is 1. The molecule has 0 saturated carbocycles. The molecule has 1 atom stereocenters. The van der Waals surface area contributed by atoms with Crippen molar-refractivity contribution in [1.29, 1.82) is 0 Å². The molecule has 0 bridgehead atoms. The Hall–Kier alpha value is -2.03. The normalized spacial score (nSPS) is 18.7. The summed E-state index contributed by atoms with van der Waals surface area (Å²) in [5.74, 6) is 1.08. The van der Waals surface area contributed by atoms with Gasteiger partial charge in [-0.15, -0.1) is 0 Å². The smallest absolute Gasteiger partial charge is 0.289 e. The van der Waals surface area contributed by atoms with Crippen LogP contribution < -0.4 is 0 Å². The molecule has 3 rings (SSSR count). The van der Waals surface area contributed by atoms with Crippen molar-refractivity contribution < 1.29 is 9.21 Å². The monoisotopic (exact) mass is 283 g/mol. The molecule has 21 heavy (non-hydrogen) atoms. The fourth-order valence-corrected chi connectivity index (χ4v) is 3.06. The maximum atomic E-state index is 12.3. The van der Waals surface area contributed by atoms with Gasteiger partial charge in [-0.2, -0.15) is 0 Å². The van der Waals surface area contributed by atoms with E-state index >= 15 is 0 Å². The number of carbonyl (C=O) groups is 1. The van der Waals surface area contributed by atoms with E-state index in [0.717, 1.165) is 32.4 Å². The van der Waals surface area contributed by atoms with Crippen LogP contribution in [0, 0.1) is 5.92 Å². The number of benzene rings is 1. The molecular weight excluding hydrogens is 262 g/mol. The van der Waals surface area contributed by atoms with Crippen LogP contribution in [0.4, 0.5) is 0 Å². The Kier molecular flexibility index (Phi) is 4.39. The summed E-state index contributed by atoms with van der Waals surface area (Å²) in [5, 5.41) is 0. The Balaban J connectivity index is 1.55. The average Bonchev–Trinajstić information content (AvgIpc) is 3.08. The van der Waals surface area contributed by atoms with Crippen molar-refractivity contribution in [3.05, 3.63) is 60.1 Å². The number of amides is 1. The molecule has 1 aromatic carbocycles. The topological polar surface area (TPSA) is 33.5 Å². The van der Waals surface area contributed by atoms with Crippen molar-refractivity contribution in [2.24, 2.45) is 5.92 Å². The van der Waals surface area contributed by atoms with E-state index in [1.54, 1.807) is 18.4 Å². The molecule has 0 spiro atoms. The van der Waals surface area contributed by atoms with Gasteiger partial charge in [0.2, 0.25) is 0 Å². The van der Waals surface area contributed by atoms with Gasteiger partial charge >= 0.3 is 0 Å². The summed E-state index contributed by atoms with van der Waals surface area (Å²) < 4.78 is 5.22. The van der Waals surface area contributed by atoms with Gasteiger partial charge < -0.3 is 9.32 Å². The molecule has 0 N–H and O–H groups in total. The zero-order valence-electron chi connectivity index (χ0n) is 12.2. The molecule has 3 heteroatoms. The van der Waals surface area contributed by atoms with E-state index in [1.807, 2.05) is 11.0 Å². The van der Waals surface area contributed by atoms with Crippen molar-refractivity contribution in [1.82, 2.24) is 4.90 Å². The van der Waals surface area contributed by atoms with E-state index in [2.05, 4.69) is 24.3 Å². The zero-order chi connectivity index (χ0) is 14.5. The molecule has 1 amide bonds. The Bertz CT molecular complexity index is 562. The molecule has 1 aliphatic rings. The lowest BCUT2D eigenvalue weighted by Gasteiger charge is -2.32. The number of furan rings is 1. The first-order valence-electron chi connectivity index (χ1n) is 7.69. The number of carbonyl (C=O) groups excluding carboxylic acids is 1. The number of likely N-dealkylation sites (tertiary alicyclic amines) is 1. The number of rotatable bonds is 4. The Labute approximate surface area is 125 Å². The second kappa shape index (κ2) is 6.61. The molecule has 0 aliphatic carbocycles. The van der Waals surface area contributed by atoms with Gasteiger partial charge in [-0.3, -0.25) is 4.79 Å². The molecule has 0 unspecified atom stereocenters. The molecule has 3 nitrogen and oxygen atoms in total. The average molecular weight is 283 g/mol. The Morgan fingerprint density at radius 3 is 2.81 bits per heavy atom. The summed E-state index contributed by atoms with van der Waals surface area (Å²) in [4.78, 5) is 14.3. The van der Waals surface area contributed by atoms with Gasteiger partial charge in [-0.25, -0.2) is 0 Å². The highest BCUT2D eigenvalue weighted by Crippen LogP contribution is 2.23. The SMILES string of the molecule is O=C(c1ccco1)N1CCC[C@H](CCc2ccccc2)C1. The fraction of sp³-hybridized carbons (Fsp3) is 0.389. The van der Waals surface area contributed by atoms with Crippen molar-refractivity contribution in [2.45, 2.75) is 25.7 Å². The van der Waals surface area contributed by atoms with Gasteiger partial charge in [0.05, 0.1) is 6.26 Å². The van der Waals surface area contributed by atoms with Crippen molar-refractivity contribution >= 4 is 5.91 Å². The van der Waals surface area contributed by atoms with Gasteiger partial charge in [-0.05, 0) is 49.3 Å². The Morgan fingerprint density at radius 2 is 2.05 bits per heavy atom. The summed E-state index contributed by atoms with van der Waals surface area (Å²) >= 11 is 0. The fourth-order valence-electron chi connectivity index (χ4n) is 3.06. The van der Waals surface area contributed by atoms with Crippen LogP contribution in [0.15, 0.2) is 53.1 Å². The third-order valence-electron chi connectivity index (χ3n) is 4.22. The minimum Gasteiger partial charge on any atom is -0.459 e. The largest absolute Gasteiger partial charge is 0.459 e. The van der Waals surface area contributed by atoms with Crippen molar-refractivity contribution in [2.75, 3.05) is 13.1 Å². The van der Waals surface area contributed by atoms with E-state index < -0.39 is 0 Å². The number of aryl methyl sites for hydroxylation is 1. The van der Waals surface area contributed by atoms with Crippen LogP contribution in [0.2, 0.25) is 0 Å². The van der Waals surface area contributed by atoms with Gasteiger partial charge in [0.25, 0.3) is 5.91 Å². The third kappa shape index (κ3) is 3.54. The van der Waals surface area contributed by atoms with Gasteiger partial charge in [0, 0.05) is 13.1 Å². The minimum absolute atomic E-state index is 0.0319. The highest BCUT2D eigenvalue weighted by atomic mass is 16.3. The summed E-state index contributed by atoms with van der Waals surface area (Å²) in [6.07, 6.45) is 6.10. The summed E-state index contributed by atoms with van der Waals surface area (Å²) in [5.41, 5.74) is 1.38. The van der Waals surface area contributed by atoms with E-state index in [-0.39, 0.29) is 5.91 Å². The van der Waals surface area contributed by atoms with Crippen LogP contribution in [-0.4, -0.2) is 23.9 Å². The molecule has 110 valence electrons. The summed E-state index contributed by atoms with van der Waals surface area (Å²) in [6.45, 7) is 1.70. The first-order chi connectivity index (χ1) is 10.3. The van der Waals surface area contributed by atoms with Gasteiger partial charge in [0.15, 0.2) is 5.76 Å². The molecule has 1 saturated heterocycles. The highest BCUT2D eigenvalue weighted by molar-refractivity contribution is 5.91. The van der Waals surface area contributed by atoms with Crippen LogP contribution in [0.25, 0.3) is 0 Å². The van der Waals surface area contributed by atoms with Gasteiger partial charge in [0.1, 0.15) is 0 Å². The first-order valence-corrected chi connectivity index (χ1v) is 7.69. The van der Waals surface area contributed by atoms with Crippen LogP contribution in [0.1, 0.15) is 35.4 Å². The Morgan fingerprint density at radius 1 is 1.19 bits per heavy atom. The maximum Gasteiger partial charge on any atom is 0.289 e. The zero-order valence-corrected chi connectivity index (χ0v) is 12.2.